The molecule has 0 aliphatic heterocycles. The van der Waals surface area contributed by atoms with Crippen LogP contribution < -0.4 is 16.0 Å². The first-order chi connectivity index (χ1) is 20.5. The second-order valence-electron chi connectivity index (χ2n) is 13.1. The standard InChI is InChI=1S/C32H61N3O8S/c1-30(2,3)43-28(38)14-10-13-27(37)35-25(29(39)34-20-18-32(6,7)41-22-11-21-40-8)15-16-26(36)33-19-17-31(4,5)42-23-12-24-44-9/h25H,10-24H2,1-9H3,(H,33,36)(H,34,39)(H,35,37). The molecule has 0 radical (unpaired) electrons. The Balaban J connectivity index is 4.94. The van der Waals surface area contributed by atoms with E-state index in [0.29, 0.717) is 52.2 Å². The van der Waals surface area contributed by atoms with Crippen LogP contribution in [0.5, 0.6) is 0 Å². The van der Waals surface area contributed by atoms with Gasteiger partial charge in [0.25, 0.3) is 0 Å². The molecule has 44 heavy (non-hydrogen) atoms. The molecule has 0 heterocycles. The van der Waals surface area contributed by atoms with Gasteiger partial charge in [0.05, 0.1) is 11.2 Å². The molecule has 0 spiro atoms. The fraction of sp³-hybridized carbons (Fsp3) is 0.875. The van der Waals surface area contributed by atoms with Gasteiger partial charge in [-0.3, -0.25) is 19.2 Å². The summed E-state index contributed by atoms with van der Waals surface area (Å²) >= 11 is 1.78. The average molecular weight is 648 g/mol. The van der Waals surface area contributed by atoms with E-state index in [1.165, 1.54) is 0 Å². The highest BCUT2D eigenvalue weighted by Crippen LogP contribution is 2.16. The normalized spacial score (nSPS) is 12.8. The number of rotatable bonds is 25. The molecule has 0 saturated heterocycles. The van der Waals surface area contributed by atoms with Crippen molar-refractivity contribution in [3.05, 3.63) is 0 Å². The van der Waals surface area contributed by atoms with Crippen LogP contribution in [0, 0.1) is 0 Å². The number of carbonyl (C=O) groups is 4. The summed E-state index contributed by atoms with van der Waals surface area (Å²) in [5.74, 6) is -0.269. The monoisotopic (exact) mass is 647 g/mol. The Morgan fingerprint density at radius 2 is 1.32 bits per heavy atom. The molecule has 1 unspecified atom stereocenters. The lowest BCUT2D eigenvalue weighted by Crippen LogP contribution is -2.48. The Labute approximate surface area is 270 Å². The Morgan fingerprint density at radius 3 is 1.89 bits per heavy atom. The third-order valence-corrected chi connectivity index (χ3v) is 7.26. The number of esters is 1. The second-order valence-corrected chi connectivity index (χ2v) is 14.1. The van der Waals surface area contributed by atoms with Crippen molar-refractivity contribution in [2.45, 2.75) is 129 Å². The van der Waals surface area contributed by atoms with E-state index in [1.807, 2.05) is 27.7 Å². The summed E-state index contributed by atoms with van der Waals surface area (Å²) in [6, 6.07) is -0.892. The van der Waals surface area contributed by atoms with Crippen LogP contribution in [0.4, 0.5) is 0 Å². The van der Waals surface area contributed by atoms with Crippen molar-refractivity contribution in [1.29, 1.82) is 0 Å². The van der Waals surface area contributed by atoms with E-state index in [4.69, 9.17) is 18.9 Å². The number of nitrogens with one attached hydrogen (secondary N) is 3. The Kier molecular flexibility index (Phi) is 21.6. The minimum absolute atomic E-state index is 0.0591. The van der Waals surface area contributed by atoms with E-state index in [9.17, 15) is 19.2 Å². The van der Waals surface area contributed by atoms with Crippen LogP contribution in [0.25, 0.3) is 0 Å². The zero-order valence-corrected chi connectivity index (χ0v) is 29.7. The van der Waals surface area contributed by atoms with Gasteiger partial charge in [-0.05, 0) is 99.0 Å². The first kappa shape index (κ1) is 42.1. The van der Waals surface area contributed by atoms with E-state index >= 15 is 0 Å². The van der Waals surface area contributed by atoms with Gasteiger partial charge in [0, 0.05) is 59.3 Å². The number of hydrogen-bond donors (Lipinski definition) is 3. The number of methoxy groups -OCH3 is 1. The van der Waals surface area contributed by atoms with Crippen LogP contribution >= 0.6 is 11.8 Å². The fourth-order valence-electron chi connectivity index (χ4n) is 4.05. The topological polar surface area (TPSA) is 141 Å². The van der Waals surface area contributed by atoms with Crippen LogP contribution in [-0.4, -0.2) is 98.6 Å². The minimum atomic E-state index is -0.892. The quantitative estimate of drug-likeness (QED) is 0.0984. The van der Waals surface area contributed by atoms with Crippen LogP contribution in [0.1, 0.15) is 106 Å². The van der Waals surface area contributed by atoms with E-state index in [0.717, 1.165) is 18.6 Å². The molecule has 0 saturated carbocycles. The molecule has 3 N–H and O–H groups in total. The number of hydrogen-bond acceptors (Lipinski definition) is 9. The Bertz CT molecular complexity index is 846. The molecule has 0 aliphatic carbocycles. The highest BCUT2D eigenvalue weighted by molar-refractivity contribution is 7.98. The SMILES string of the molecule is COCCCOC(C)(C)CCNC(=O)C(CCC(=O)NCCC(C)(C)OCCCSC)NC(=O)CCCC(=O)OC(C)(C)C. The molecule has 1 atom stereocenters. The smallest absolute Gasteiger partial charge is 0.306 e. The van der Waals surface area contributed by atoms with Gasteiger partial charge >= 0.3 is 5.97 Å². The molecule has 0 aromatic rings. The summed E-state index contributed by atoms with van der Waals surface area (Å²) in [6.07, 6.45) is 5.70. The van der Waals surface area contributed by atoms with Gasteiger partial charge in [-0.2, -0.15) is 11.8 Å². The van der Waals surface area contributed by atoms with E-state index < -0.39 is 17.2 Å². The Morgan fingerprint density at radius 1 is 0.727 bits per heavy atom. The van der Waals surface area contributed by atoms with Gasteiger partial charge in [-0.1, -0.05) is 0 Å². The van der Waals surface area contributed by atoms with E-state index in [-0.39, 0.29) is 55.0 Å². The highest BCUT2D eigenvalue weighted by Gasteiger charge is 2.25. The number of ether oxygens (including phenoxy) is 4. The van der Waals surface area contributed by atoms with Crippen LogP contribution in [0.3, 0.4) is 0 Å². The first-order valence-corrected chi connectivity index (χ1v) is 17.2. The van der Waals surface area contributed by atoms with E-state index in [2.05, 4.69) is 22.2 Å². The molecule has 12 heteroatoms. The summed E-state index contributed by atoms with van der Waals surface area (Å²) in [5.41, 5.74) is -1.40. The summed E-state index contributed by atoms with van der Waals surface area (Å²) in [4.78, 5) is 50.4. The van der Waals surface area contributed by atoms with Crippen molar-refractivity contribution in [2.75, 3.05) is 52.0 Å². The maximum absolute atomic E-state index is 13.1. The summed E-state index contributed by atoms with van der Waals surface area (Å²) in [6.45, 7) is 15.9. The summed E-state index contributed by atoms with van der Waals surface area (Å²) < 4.78 is 22.2. The molecule has 3 amide bonds. The summed E-state index contributed by atoms with van der Waals surface area (Å²) in [5, 5.41) is 8.53. The molecule has 258 valence electrons. The van der Waals surface area contributed by atoms with Crippen molar-refractivity contribution < 1.29 is 38.1 Å². The lowest BCUT2D eigenvalue weighted by Gasteiger charge is -2.26. The van der Waals surface area contributed by atoms with Gasteiger partial charge in [0.2, 0.25) is 17.7 Å². The molecule has 11 nitrogen and oxygen atoms in total. The average Bonchev–Trinajstić information content (AvgIpc) is 2.90. The molecule has 0 rings (SSSR count). The van der Waals surface area contributed by atoms with Crippen molar-refractivity contribution in [3.8, 4) is 0 Å². The largest absolute Gasteiger partial charge is 0.460 e. The number of carbonyl (C=O) groups excluding carboxylic acids is 4. The minimum Gasteiger partial charge on any atom is -0.460 e. The van der Waals surface area contributed by atoms with Crippen LogP contribution in [0.15, 0.2) is 0 Å². The molecular weight excluding hydrogens is 586 g/mol. The molecular formula is C32H61N3O8S. The van der Waals surface area contributed by atoms with Gasteiger partial charge in [-0.25, -0.2) is 0 Å². The third-order valence-electron chi connectivity index (χ3n) is 6.56. The number of thioether (sulfide) groups is 1. The van der Waals surface area contributed by atoms with Crippen LogP contribution in [0.2, 0.25) is 0 Å². The molecule has 0 aromatic carbocycles. The summed E-state index contributed by atoms with van der Waals surface area (Å²) in [7, 11) is 1.64. The van der Waals surface area contributed by atoms with Gasteiger partial charge in [0.1, 0.15) is 11.6 Å². The fourth-order valence-corrected chi connectivity index (χ4v) is 4.45. The van der Waals surface area contributed by atoms with Gasteiger partial charge in [0.15, 0.2) is 0 Å². The maximum Gasteiger partial charge on any atom is 0.306 e. The molecule has 0 bridgehead atoms. The van der Waals surface area contributed by atoms with Crippen molar-refractivity contribution in [1.82, 2.24) is 16.0 Å². The maximum atomic E-state index is 13.1. The number of amides is 3. The van der Waals surface area contributed by atoms with E-state index in [1.54, 1.807) is 39.6 Å². The van der Waals surface area contributed by atoms with Gasteiger partial charge in [-0.15, -0.1) is 0 Å². The first-order valence-electron chi connectivity index (χ1n) is 15.8. The zero-order chi connectivity index (χ0) is 33.7. The van der Waals surface area contributed by atoms with Crippen molar-refractivity contribution >= 4 is 35.5 Å². The zero-order valence-electron chi connectivity index (χ0n) is 28.9. The van der Waals surface area contributed by atoms with Gasteiger partial charge < -0.3 is 34.9 Å². The highest BCUT2D eigenvalue weighted by atomic mass is 32.2. The van der Waals surface area contributed by atoms with Crippen molar-refractivity contribution in [2.24, 2.45) is 0 Å². The second kappa shape index (κ2) is 22.6. The molecule has 0 aliphatic rings. The predicted molar refractivity (Wildman–Crippen MR) is 176 cm³/mol. The third kappa shape index (κ3) is 24.4. The van der Waals surface area contributed by atoms with Crippen LogP contribution in [-0.2, 0) is 38.1 Å². The Hall–Kier alpha value is -1.89. The van der Waals surface area contributed by atoms with Crippen molar-refractivity contribution in [3.63, 3.8) is 0 Å². The lowest BCUT2D eigenvalue weighted by molar-refractivity contribution is -0.155. The molecule has 0 fully saturated rings. The predicted octanol–water partition coefficient (Wildman–Crippen LogP) is 4.16. The lowest BCUT2D eigenvalue weighted by atomic mass is 10.0. The molecule has 0 aromatic heterocycles.